The van der Waals surface area contributed by atoms with Crippen molar-refractivity contribution in [3.05, 3.63) is 53.6 Å². The molecule has 1 amide bonds. The van der Waals surface area contributed by atoms with Crippen LogP contribution in [0.1, 0.15) is 10.4 Å². The first-order valence-electron chi connectivity index (χ1n) is 6.18. The molecule has 2 N–H and O–H groups in total. The van der Waals surface area contributed by atoms with E-state index in [9.17, 15) is 13.6 Å². The third-order valence-electron chi connectivity index (χ3n) is 2.91. The summed E-state index contributed by atoms with van der Waals surface area (Å²) in [4.78, 5) is 12.1. The summed E-state index contributed by atoms with van der Waals surface area (Å²) in [6, 6.07) is 8.70. The average molecular weight is 292 g/mol. The standard InChI is InChI=1S/C15H14F2N2O2/c1-18-14-10(16)7-9(8-11(14)17)15(20)19-12-5-3-4-6-13(12)21-2/h3-8,18H,1-2H3,(H,19,20). The number of methoxy groups -OCH3 is 1. The highest BCUT2D eigenvalue weighted by atomic mass is 19.1. The molecule has 0 saturated heterocycles. The molecule has 0 heterocycles. The minimum absolute atomic E-state index is 0.116. The van der Waals surface area contributed by atoms with Gasteiger partial charge in [-0.05, 0) is 24.3 Å². The number of rotatable bonds is 4. The van der Waals surface area contributed by atoms with E-state index in [0.717, 1.165) is 12.1 Å². The quantitative estimate of drug-likeness (QED) is 0.909. The Morgan fingerprint density at radius 1 is 1.14 bits per heavy atom. The van der Waals surface area contributed by atoms with E-state index < -0.39 is 17.5 Å². The second-order valence-corrected chi connectivity index (χ2v) is 4.22. The van der Waals surface area contributed by atoms with Crippen molar-refractivity contribution in [3.63, 3.8) is 0 Å². The van der Waals surface area contributed by atoms with E-state index in [-0.39, 0.29) is 11.3 Å². The predicted molar refractivity (Wildman–Crippen MR) is 76.9 cm³/mol. The predicted octanol–water partition coefficient (Wildman–Crippen LogP) is 3.27. The number of hydrogen-bond acceptors (Lipinski definition) is 3. The minimum atomic E-state index is -0.831. The van der Waals surface area contributed by atoms with Gasteiger partial charge in [0.2, 0.25) is 0 Å². The van der Waals surface area contributed by atoms with Crippen LogP contribution in [0.5, 0.6) is 5.75 Å². The summed E-state index contributed by atoms with van der Waals surface area (Å²) in [7, 11) is 2.86. The number of carbonyl (C=O) groups is 1. The Kier molecular flexibility index (Phi) is 4.37. The third kappa shape index (κ3) is 3.10. The van der Waals surface area contributed by atoms with Crippen LogP contribution in [0, 0.1) is 11.6 Å². The molecule has 0 atom stereocenters. The summed E-state index contributed by atoms with van der Waals surface area (Å²) < 4.78 is 32.4. The summed E-state index contributed by atoms with van der Waals surface area (Å²) in [5.41, 5.74) is 0.0299. The molecule has 6 heteroatoms. The van der Waals surface area contributed by atoms with Crippen molar-refractivity contribution >= 4 is 17.3 Å². The average Bonchev–Trinajstić information content (AvgIpc) is 2.47. The molecule has 0 bridgehead atoms. The molecule has 0 aliphatic heterocycles. The molecule has 0 spiro atoms. The van der Waals surface area contributed by atoms with Gasteiger partial charge in [-0.2, -0.15) is 0 Å². The van der Waals surface area contributed by atoms with E-state index in [4.69, 9.17) is 4.74 Å². The van der Waals surface area contributed by atoms with Crippen molar-refractivity contribution in [2.45, 2.75) is 0 Å². The van der Waals surface area contributed by atoms with Gasteiger partial charge in [-0.15, -0.1) is 0 Å². The number of ether oxygens (including phenoxy) is 1. The number of anilines is 2. The first kappa shape index (κ1) is 14.8. The normalized spacial score (nSPS) is 10.1. The second kappa shape index (κ2) is 6.21. The van der Waals surface area contributed by atoms with Crippen LogP contribution in [0.15, 0.2) is 36.4 Å². The molecule has 0 saturated carbocycles. The van der Waals surface area contributed by atoms with Crippen LogP contribution < -0.4 is 15.4 Å². The van der Waals surface area contributed by atoms with E-state index in [2.05, 4.69) is 10.6 Å². The van der Waals surface area contributed by atoms with Gasteiger partial charge in [0.1, 0.15) is 23.1 Å². The molecule has 2 rings (SSSR count). The fourth-order valence-electron chi connectivity index (χ4n) is 1.89. The number of hydrogen-bond donors (Lipinski definition) is 2. The zero-order chi connectivity index (χ0) is 15.4. The maximum Gasteiger partial charge on any atom is 0.255 e. The van der Waals surface area contributed by atoms with Gasteiger partial charge in [-0.1, -0.05) is 12.1 Å². The van der Waals surface area contributed by atoms with Gasteiger partial charge in [0.15, 0.2) is 0 Å². The maximum absolute atomic E-state index is 13.6. The van der Waals surface area contributed by atoms with Gasteiger partial charge in [0, 0.05) is 12.6 Å². The van der Waals surface area contributed by atoms with Crippen molar-refractivity contribution in [1.82, 2.24) is 0 Å². The Hall–Kier alpha value is -2.63. The summed E-state index contributed by atoms with van der Waals surface area (Å²) in [5.74, 6) is -1.83. The van der Waals surface area contributed by atoms with E-state index in [1.54, 1.807) is 24.3 Å². The smallest absolute Gasteiger partial charge is 0.255 e. The summed E-state index contributed by atoms with van der Waals surface area (Å²) in [6.07, 6.45) is 0. The molecule has 110 valence electrons. The Labute approximate surface area is 120 Å². The highest BCUT2D eigenvalue weighted by Gasteiger charge is 2.15. The lowest BCUT2D eigenvalue weighted by atomic mass is 10.1. The molecular weight excluding hydrogens is 278 g/mol. The zero-order valence-corrected chi connectivity index (χ0v) is 11.5. The summed E-state index contributed by atoms with van der Waals surface area (Å²) in [6.45, 7) is 0. The first-order chi connectivity index (χ1) is 10.1. The fraction of sp³-hybridized carbons (Fsp3) is 0.133. The highest BCUT2D eigenvalue weighted by Crippen LogP contribution is 2.25. The van der Waals surface area contributed by atoms with Crippen molar-refractivity contribution in [3.8, 4) is 5.75 Å². The Morgan fingerprint density at radius 3 is 2.33 bits per heavy atom. The van der Waals surface area contributed by atoms with E-state index >= 15 is 0 Å². The molecule has 0 radical (unpaired) electrons. The van der Waals surface area contributed by atoms with Crippen LogP contribution in [0.3, 0.4) is 0 Å². The lowest BCUT2D eigenvalue weighted by Crippen LogP contribution is -2.14. The first-order valence-corrected chi connectivity index (χ1v) is 6.18. The van der Waals surface area contributed by atoms with Crippen LogP contribution in [0.2, 0.25) is 0 Å². The number of para-hydroxylation sites is 2. The van der Waals surface area contributed by atoms with Gasteiger partial charge in [-0.3, -0.25) is 4.79 Å². The molecule has 0 aromatic heterocycles. The van der Waals surface area contributed by atoms with Gasteiger partial charge in [-0.25, -0.2) is 8.78 Å². The van der Waals surface area contributed by atoms with Crippen molar-refractivity contribution < 1.29 is 18.3 Å². The van der Waals surface area contributed by atoms with Crippen molar-refractivity contribution in [1.29, 1.82) is 0 Å². The van der Waals surface area contributed by atoms with Gasteiger partial charge >= 0.3 is 0 Å². The van der Waals surface area contributed by atoms with E-state index in [0.29, 0.717) is 11.4 Å². The molecule has 0 unspecified atom stereocenters. The van der Waals surface area contributed by atoms with Crippen LogP contribution in [-0.4, -0.2) is 20.1 Å². The van der Waals surface area contributed by atoms with Crippen LogP contribution >= 0.6 is 0 Å². The Morgan fingerprint density at radius 2 is 1.76 bits per heavy atom. The van der Waals surface area contributed by atoms with Crippen LogP contribution in [0.4, 0.5) is 20.2 Å². The van der Waals surface area contributed by atoms with Gasteiger partial charge < -0.3 is 15.4 Å². The number of carbonyl (C=O) groups excluding carboxylic acids is 1. The van der Waals surface area contributed by atoms with E-state index in [1.165, 1.54) is 14.2 Å². The van der Waals surface area contributed by atoms with Gasteiger partial charge in [0.05, 0.1) is 12.8 Å². The number of nitrogens with one attached hydrogen (secondary N) is 2. The number of halogens is 2. The molecule has 2 aromatic carbocycles. The Bertz CT molecular complexity index is 651. The fourth-order valence-corrected chi connectivity index (χ4v) is 1.89. The van der Waals surface area contributed by atoms with Crippen molar-refractivity contribution in [2.24, 2.45) is 0 Å². The molecule has 21 heavy (non-hydrogen) atoms. The maximum atomic E-state index is 13.6. The molecule has 4 nitrogen and oxygen atoms in total. The largest absolute Gasteiger partial charge is 0.495 e. The molecule has 0 aliphatic carbocycles. The lowest BCUT2D eigenvalue weighted by Gasteiger charge is -2.11. The summed E-state index contributed by atoms with van der Waals surface area (Å²) >= 11 is 0. The Balaban J connectivity index is 2.29. The summed E-state index contributed by atoms with van der Waals surface area (Å²) in [5, 5.41) is 4.95. The zero-order valence-electron chi connectivity index (χ0n) is 11.5. The highest BCUT2D eigenvalue weighted by molar-refractivity contribution is 6.05. The molecule has 2 aromatic rings. The SMILES string of the molecule is CNc1c(F)cc(C(=O)Nc2ccccc2OC)cc1F. The van der Waals surface area contributed by atoms with E-state index in [1.807, 2.05) is 0 Å². The monoisotopic (exact) mass is 292 g/mol. The van der Waals surface area contributed by atoms with Crippen LogP contribution in [-0.2, 0) is 0 Å². The van der Waals surface area contributed by atoms with Crippen LogP contribution in [0.25, 0.3) is 0 Å². The number of amides is 1. The molecule has 0 fully saturated rings. The molecular formula is C15H14F2N2O2. The minimum Gasteiger partial charge on any atom is -0.495 e. The van der Waals surface area contributed by atoms with Gasteiger partial charge in [0.25, 0.3) is 5.91 Å². The second-order valence-electron chi connectivity index (χ2n) is 4.22. The number of benzene rings is 2. The van der Waals surface area contributed by atoms with Crippen molar-refractivity contribution in [2.75, 3.05) is 24.8 Å². The topological polar surface area (TPSA) is 50.4 Å². The lowest BCUT2D eigenvalue weighted by molar-refractivity contribution is 0.102. The molecule has 0 aliphatic rings. The third-order valence-corrected chi connectivity index (χ3v) is 2.91.